The number of rotatable bonds is 4. The second kappa shape index (κ2) is 6.05. The SMILES string of the molecule is C=C(c1ccccc1)c1cccc([Si](C)(C)CI)c1. The lowest BCUT2D eigenvalue weighted by molar-refractivity contribution is 1.56. The van der Waals surface area contributed by atoms with Gasteiger partial charge in [0.1, 0.15) is 0 Å². The first kappa shape index (κ1) is 14.5. The highest BCUT2D eigenvalue weighted by atomic mass is 127. The van der Waals surface area contributed by atoms with Crippen LogP contribution in [0.15, 0.2) is 61.2 Å². The van der Waals surface area contributed by atoms with E-state index in [4.69, 9.17) is 0 Å². The fraction of sp³-hybridized carbons (Fsp3) is 0.176. The molecule has 0 amide bonds. The van der Waals surface area contributed by atoms with E-state index in [-0.39, 0.29) is 0 Å². The second-order valence-corrected chi connectivity index (χ2v) is 12.3. The van der Waals surface area contributed by atoms with E-state index in [1.165, 1.54) is 20.4 Å². The third kappa shape index (κ3) is 3.36. The summed E-state index contributed by atoms with van der Waals surface area (Å²) in [6, 6.07) is 19.3. The van der Waals surface area contributed by atoms with Gasteiger partial charge in [-0.2, -0.15) is 0 Å². The molecule has 0 aliphatic heterocycles. The Morgan fingerprint density at radius 2 is 1.63 bits per heavy atom. The van der Waals surface area contributed by atoms with Crippen LogP contribution in [0.4, 0.5) is 0 Å². The molecule has 0 fully saturated rings. The van der Waals surface area contributed by atoms with Crippen LogP contribution in [-0.4, -0.2) is 12.1 Å². The van der Waals surface area contributed by atoms with Gasteiger partial charge in [-0.05, 0) is 20.8 Å². The van der Waals surface area contributed by atoms with E-state index < -0.39 is 8.07 Å². The molecular weight excluding hydrogens is 359 g/mol. The van der Waals surface area contributed by atoms with E-state index in [9.17, 15) is 0 Å². The van der Waals surface area contributed by atoms with Crippen molar-refractivity contribution in [2.24, 2.45) is 0 Å². The molecule has 98 valence electrons. The molecule has 0 N–H and O–H groups in total. The second-order valence-electron chi connectivity index (χ2n) is 5.44. The van der Waals surface area contributed by atoms with Crippen molar-refractivity contribution in [2.75, 3.05) is 4.05 Å². The van der Waals surface area contributed by atoms with Gasteiger partial charge in [0, 0.05) is 0 Å². The summed E-state index contributed by atoms with van der Waals surface area (Å²) < 4.78 is 1.24. The maximum atomic E-state index is 4.26. The Morgan fingerprint density at radius 1 is 1.00 bits per heavy atom. The quantitative estimate of drug-likeness (QED) is 0.413. The van der Waals surface area contributed by atoms with E-state index in [0.717, 1.165) is 5.57 Å². The molecule has 0 saturated heterocycles. The van der Waals surface area contributed by atoms with E-state index >= 15 is 0 Å². The van der Waals surface area contributed by atoms with Gasteiger partial charge in [0.25, 0.3) is 0 Å². The maximum absolute atomic E-state index is 4.26. The molecule has 0 aliphatic rings. The summed E-state index contributed by atoms with van der Waals surface area (Å²) in [5.74, 6) is 0. The molecule has 2 aromatic carbocycles. The predicted octanol–water partition coefficient (Wildman–Crippen LogP) is 4.64. The van der Waals surface area contributed by atoms with Crippen molar-refractivity contribution in [2.45, 2.75) is 13.1 Å². The molecule has 2 rings (SSSR count). The summed E-state index contributed by atoms with van der Waals surface area (Å²) >= 11 is 2.51. The lowest BCUT2D eigenvalue weighted by Crippen LogP contribution is -2.43. The highest BCUT2D eigenvalue weighted by molar-refractivity contribution is 14.1. The number of halogens is 1. The van der Waals surface area contributed by atoms with Crippen LogP contribution in [0, 0.1) is 0 Å². The topological polar surface area (TPSA) is 0 Å². The number of alkyl halides is 1. The summed E-state index contributed by atoms with van der Waals surface area (Å²) in [6.45, 7) is 9.10. The molecule has 2 aromatic rings. The molecule has 2 heteroatoms. The molecule has 19 heavy (non-hydrogen) atoms. The van der Waals surface area contributed by atoms with Crippen molar-refractivity contribution in [3.8, 4) is 0 Å². The summed E-state index contributed by atoms with van der Waals surface area (Å²) in [5, 5.41) is 1.51. The Morgan fingerprint density at radius 3 is 2.26 bits per heavy atom. The minimum Gasteiger partial charge on any atom is -0.0906 e. The Balaban J connectivity index is 2.37. The van der Waals surface area contributed by atoms with Crippen molar-refractivity contribution in [1.29, 1.82) is 0 Å². The van der Waals surface area contributed by atoms with Gasteiger partial charge in [0.05, 0.1) is 8.07 Å². The first-order chi connectivity index (χ1) is 9.04. The molecule has 0 spiro atoms. The fourth-order valence-corrected chi connectivity index (χ4v) is 4.58. The Hall–Kier alpha value is -0.873. The van der Waals surface area contributed by atoms with Crippen LogP contribution >= 0.6 is 22.6 Å². The molecular formula is C17H19ISi. The first-order valence-electron chi connectivity index (χ1n) is 6.46. The summed E-state index contributed by atoms with van der Waals surface area (Å²) in [6.07, 6.45) is 0. The highest BCUT2D eigenvalue weighted by Crippen LogP contribution is 2.21. The van der Waals surface area contributed by atoms with Gasteiger partial charge in [-0.25, -0.2) is 0 Å². The largest absolute Gasteiger partial charge is 0.0906 e. The normalized spacial score (nSPS) is 11.3. The number of benzene rings is 2. The van der Waals surface area contributed by atoms with Crippen LogP contribution in [0.5, 0.6) is 0 Å². The molecule has 0 heterocycles. The zero-order chi connectivity index (χ0) is 13.9. The van der Waals surface area contributed by atoms with Crippen LogP contribution in [0.3, 0.4) is 0 Å². The minimum atomic E-state index is -1.29. The van der Waals surface area contributed by atoms with Crippen molar-refractivity contribution in [3.63, 3.8) is 0 Å². The fourth-order valence-electron chi connectivity index (χ4n) is 2.01. The predicted molar refractivity (Wildman–Crippen MR) is 97.0 cm³/mol. The zero-order valence-corrected chi connectivity index (χ0v) is 14.6. The molecule has 0 aliphatic carbocycles. The van der Waals surface area contributed by atoms with Crippen LogP contribution in [-0.2, 0) is 0 Å². The van der Waals surface area contributed by atoms with Gasteiger partial charge in [-0.15, -0.1) is 0 Å². The van der Waals surface area contributed by atoms with Gasteiger partial charge in [0.15, 0.2) is 0 Å². The average Bonchev–Trinajstić information content (AvgIpc) is 2.47. The van der Waals surface area contributed by atoms with Crippen LogP contribution in [0.2, 0.25) is 13.1 Å². The molecule has 0 unspecified atom stereocenters. The summed E-state index contributed by atoms with van der Waals surface area (Å²) in [4.78, 5) is 0. The minimum absolute atomic E-state index is 1.11. The van der Waals surface area contributed by atoms with E-state index in [2.05, 4.69) is 90.8 Å². The first-order valence-corrected chi connectivity index (χ1v) is 11.2. The van der Waals surface area contributed by atoms with Crippen LogP contribution in [0.25, 0.3) is 5.57 Å². The number of hydrogen-bond acceptors (Lipinski definition) is 0. The molecule has 0 bridgehead atoms. The molecule has 0 saturated carbocycles. The standard InChI is InChI=1S/C17H19ISi/c1-14(15-8-5-4-6-9-15)16-10-7-11-17(12-16)19(2,3)13-18/h4-12H,1,13H2,2-3H3. The van der Waals surface area contributed by atoms with E-state index in [1.54, 1.807) is 0 Å². The van der Waals surface area contributed by atoms with Crippen molar-refractivity contribution < 1.29 is 0 Å². The summed E-state index contributed by atoms with van der Waals surface area (Å²) in [7, 11) is -1.29. The monoisotopic (exact) mass is 378 g/mol. The zero-order valence-electron chi connectivity index (χ0n) is 11.5. The van der Waals surface area contributed by atoms with Gasteiger partial charge < -0.3 is 0 Å². The van der Waals surface area contributed by atoms with Crippen molar-refractivity contribution in [3.05, 3.63) is 72.3 Å². The van der Waals surface area contributed by atoms with Crippen molar-refractivity contribution >= 4 is 41.4 Å². The average molecular weight is 378 g/mol. The smallest absolute Gasteiger partial charge is 0.0903 e. The summed E-state index contributed by atoms with van der Waals surface area (Å²) in [5.41, 5.74) is 3.56. The Kier molecular flexibility index (Phi) is 4.63. The highest BCUT2D eigenvalue weighted by Gasteiger charge is 2.22. The van der Waals surface area contributed by atoms with E-state index in [1.807, 2.05) is 6.07 Å². The lowest BCUT2D eigenvalue weighted by atomic mass is 10.00. The molecule has 0 atom stereocenters. The Labute approximate surface area is 130 Å². The van der Waals surface area contributed by atoms with Gasteiger partial charge in [0.2, 0.25) is 0 Å². The third-order valence-corrected chi connectivity index (χ3v) is 11.7. The molecule has 0 nitrogen and oxygen atoms in total. The van der Waals surface area contributed by atoms with Gasteiger partial charge in [-0.3, -0.25) is 0 Å². The third-order valence-electron chi connectivity index (χ3n) is 3.45. The van der Waals surface area contributed by atoms with E-state index in [0.29, 0.717) is 0 Å². The molecule has 0 radical (unpaired) electrons. The number of hydrogen-bond donors (Lipinski definition) is 0. The molecule has 0 aromatic heterocycles. The van der Waals surface area contributed by atoms with Crippen LogP contribution < -0.4 is 5.19 Å². The maximum Gasteiger partial charge on any atom is 0.0903 e. The lowest BCUT2D eigenvalue weighted by Gasteiger charge is -2.21. The van der Waals surface area contributed by atoms with Gasteiger partial charge >= 0.3 is 0 Å². The van der Waals surface area contributed by atoms with Crippen LogP contribution in [0.1, 0.15) is 11.1 Å². The Bertz CT molecular complexity index is 573. The van der Waals surface area contributed by atoms with Gasteiger partial charge in [-0.1, -0.05) is 102 Å². The van der Waals surface area contributed by atoms with Crippen molar-refractivity contribution in [1.82, 2.24) is 0 Å².